The Kier molecular flexibility index (Phi) is 8.47. The van der Waals surface area contributed by atoms with Crippen molar-refractivity contribution >= 4 is 34.8 Å². The predicted octanol–water partition coefficient (Wildman–Crippen LogP) is 5.66. The molecule has 40 heavy (non-hydrogen) atoms. The first-order valence-corrected chi connectivity index (χ1v) is 12.9. The van der Waals surface area contributed by atoms with Crippen molar-refractivity contribution in [2.45, 2.75) is 40.0 Å². The Hall–Kier alpha value is -4.73. The zero-order valence-electron chi connectivity index (χ0n) is 22.8. The molecule has 10 heteroatoms. The molecule has 3 aromatic rings. The summed E-state index contributed by atoms with van der Waals surface area (Å²) in [6.45, 7) is 7.35. The third-order valence-corrected chi connectivity index (χ3v) is 6.66. The summed E-state index contributed by atoms with van der Waals surface area (Å²) in [6.07, 6.45) is -0.0378. The molecular weight excluding hydrogens is 514 g/mol. The Morgan fingerprint density at radius 1 is 1.07 bits per heavy atom. The molecule has 0 spiro atoms. The molecule has 0 bridgehead atoms. The first kappa shape index (κ1) is 28.3. The van der Waals surface area contributed by atoms with Crippen molar-refractivity contribution in [3.05, 3.63) is 87.5 Å². The number of nitrogens with zero attached hydrogens (tertiary/aromatic N) is 2. The van der Waals surface area contributed by atoms with Gasteiger partial charge in [-0.25, -0.2) is 0 Å². The van der Waals surface area contributed by atoms with Gasteiger partial charge in [0.05, 0.1) is 10.8 Å². The number of ether oxygens (including phenoxy) is 2. The van der Waals surface area contributed by atoms with Gasteiger partial charge in [0.15, 0.2) is 6.61 Å². The van der Waals surface area contributed by atoms with Crippen molar-refractivity contribution in [3.63, 3.8) is 0 Å². The maximum Gasteiger partial charge on any atom is 0.311 e. The van der Waals surface area contributed by atoms with E-state index in [1.807, 2.05) is 13.0 Å². The molecule has 0 unspecified atom stereocenters. The van der Waals surface area contributed by atoms with E-state index in [9.17, 15) is 24.5 Å². The van der Waals surface area contributed by atoms with Crippen LogP contribution in [0.4, 0.5) is 17.1 Å². The van der Waals surface area contributed by atoms with Crippen molar-refractivity contribution in [2.24, 2.45) is 5.92 Å². The monoisotopic (exact) mass is 545 g/mol. The summed E-state index contributed by atoms with van der Waals surface area (Å²) in [4.78, 5) is 49.6. The van der Waals surface area contributed by atoms with E-state index in [2.05, 4.69) is 31.3 Å². The van der Waals surface area contributed by atoms with Crippen LogP contribution in [-0.2, 0) is 19.1 Å². The largest absolute Gasteiger partial charge is 0.457 e. The highest BCUT2D eigenvalue weighted by Gasteiger charge is 2.36. The van der Waals surface area contributed by atoms with Crippen LogP contribution in [0, 0.1) is 29.9 Å². The number of amides is 2. The first-order valence-electron chi connectivity index (χ1n) is 12.9. The third kappa shape index (κ3) is 6.63. The van der Waals surface area contributed by atoms with E-state index >= 15 is 0 Å². The van der Waals surface area contributed by atoms with Gasteiger partial charge in [-0.05, 0) is 67.3 Å². The number of anilines is 2. The Bertz CT molecular complexity index is 1450. The minimum Gasteiger partial charge on any atom is -0.457 e. The first-order chi connectivity index (χ1) is 19.0. The van der Waals surface area contributed by atoms with Gasteiger partial charge in [0, 0.05) is 36.0 Å². The minimum atomic E-state index is -0.724. The highest BCUT2D eigenvalue weighted by atomic mass is 16.6. The standard InChI is InChI=1S/C30H31N3O7/c1-18(2)25-12-5-19(3)13-27(25)40-24-10-8-23(9-11-24)32-16-21(14-29(32)35)30(36)39-17-28(34)31-22-7-6-20(4)26(15-22)33(37)38/h5-13,15,18,21H,14,16-17H2,1-4H3,(H,31,34)/t21-/m1/s1. The van der Waals surface area contributed by atoms with Gasteiger partial charge in [-0.2, -0.15) is 0 Å². The van der Waals surface area contributed by atoms with E-state index in [1.165, 1.54) is 23.1 Å². The summed E-state index contributed by atoms with van der Waals surface area (Å²) in [5, 5.41) is 13.6. The lowest BCUT2D eigenvalue weighted by molar-refractivity contribution is -0.385. The number of benzene rings is 3. The van der Waals surface area contributed by atoms with Crippen molar-refractivity contribution < 1.29 is 28.8 Å². The molecule has 0 aliphatic carbocycles. The summed E-state index contributed by atoms with van der Waals surface area (Å²) in [7, 11) is 0. The Morgan fingerprint density at radius 3 is 2.48 bits per heavy atom. The Labute approximate surface area is 232 Å². The summed E-state index contributed by atoms with van der Waals surface area (Å²) >= 11 is 0. The average Bonchev–Trinajstić information content (AvgIpc) is 3.30. The van der Waals surface area contributed by atoms with Crippen LogP contribution in [0.1, 0.15) is 42.9 Å². The summed E-state index contributed by atoms with van der Waals surface area (Å²) in [6, 6.07) is 17.5. The molecule has 0 saturated carbocycles. The minimum absolute atomic E-state index is 0.0378. The van der Waals surface area contributed by atoms with Gasteiger partial charge < -0.3 is 19.7 Å². The van der Waals surface area contributed by atoms with Gasteiger partial charge in [-0.3, -0.25) is 24.5 Å². The zero-order valence-corrected chi connectivity index (χ0v) is 22.8. The van der Waals surface area contributed by atoms with Gasteiger partial charge in [-0.1, -0.05) is 32.0 Å². The highest BCUT2D eigenvalue weighted by molar-refractivity contribution is 6.00. The van der Waals surface area contributed by atoms with Crippen LogP contribution in [0.2, 0.25) is 0 Å². The summed E-state index contributed by atoms with van der Waals surface area (Å²) in [5.41, 5.74) is 3.36. The third-order valence-electron chi connectivity index (χ3n) is 6.66. The molecule has 1 saturated heterocycles. The van der Waals surface area contributed by atoms with Crippen LogP contribution >= 0.6 is 0 Å². The molecule has 1 atom stereocenters. The van der Waals surface area contributed by atoms with Crippen molar-refractivity contribution in [1.82, 2.24) is 0 Å². The van der Waals surface area contributed by atoms with Gasteiger partial charge in [0.25, 0.3) is 11.6 Å². The van der Waals surface area contributed by atoms with E-state index in [1.54, 1.807) is 31.2 Å². The maximum atomic E-state index is 12.7. The fraction of sp³-hybridized carbons (Fsp3) is 0.300. The molecule has 0 aromatic heterocycles. The van der Waals surface area contributed by atoms with Gasteiger partial charge in [-0.15, -0.1) is 0 Å². The number of nitro benzene ring substituents is 1. The number of rotatable bonds is 9. The number of aryl methyl sites for hydroxylation is 2. The molecule has 1 heterocycles. The van der Waals surface area contributed by atoms with E-state index in [0.717, 1.165) is 16.9 Å². The second kappa shape index (κ2) is 12.0. The predicted molar refractivity (Wildman–Crippen MR) is 150 cm³/mol. The lowest BCUT2D eigenvalue weighted by Gasteiger charge is -2.18. The zero-order chi connectivity index (χ0) is 29.0. The van der Waals surface area contributed by atoms with Crippen LogP contribution in [-0.4, -0.2) is 35.9 Å². The van der Waals surface area contributed by atoms with E-state index in [-0.39, 0.29) is 30.2 Å². The number of hydrogen-bond acceptors (Lipinski definition) is 7. The van der Waals surface area contributed by atoms with Crippen LogP contribution in [0.15, 0.2) is 60.7 Å². The molecule has 1 aliphatic heterocycles. The van der Waals surface area contributed by atoms with E-state index in [0.29, 0.717) is 22.9 Å². The van der Waals surface area contributed by atoms with Crippen LogP contribution in [0.5, 0.6) is 11.5 Å². The van der Waals surface area contributed by atoms with Gasteiger partial charge >= 0.3 is 5.97 Å². The molecule has 1 aliphatic rings. The number of nitro groups is 1. The quantitative estimate of drug-likeness (QED) is 0.209. The highest BCUT2D eigenvalue weighted by Crippen LogP contribution is 2.33. The van der Waals surface area contributed by atoms with E-state index < -0.39 is 29.3 Å². The smallest absolute Gasteiger partial charge is 0.311 e. The molecule has 10 nitrogen and oxygen atoms in total. The van der Waals surface area contributed by atoms with Crippen LogP contribution < -0.4 is 15.0 Å². The Morgan fingerprint density at radius 2 is 1.80 bits per heavy atom. The number of carbonyl (C=O) groups excluding carboxylic acids is 3. The van der Waals surface area contributed by atoms with Crippen LogP contribution in [0.25, 0.3) is 0 Å². The molecule has 2 amide bonds. The molecular formula is C30H31N3O7. The topological polar surface area (TPSA) is 128 Å². The average molecular weight is 546 g/mol. The van der Waals surface area contributed by atoms with Crippen molar-refractivity contribution in [2.75, 3.05) is 23.4 Å². The van der Waals surface area contributed by atoms with Gasteiger partial charge in [0.1, 0.15) is 11.5 Å². The lowest BCUT2D eigenvalue weighted by Crippen LogP contribution is -2.28. The lowest BCUT2D eigenvalue weighted by atomic mass is 10.0. The number of carbonyl (C=O) groups is 3. The summed E-state index contributed by atoms with van der Waals surface area (Å²) < 4.78 is 11.3. The molecule has 208 valence electrons. The van der Waals surface area contributed by atoms with Gasteiger partial charge in [0.2, 0.25) is 5.91 Å². The molecule has 3 aromatic carbocycles. The number of esters is 1. The second-order valence-corrected chi connectivity index (χ2v) is 10.1. The van der Waals surface area contributed by atoms with Crippen LogP contribution in [0.3, 0.4) is 0 Å². The fourth-order valence-corrected chi connectivity index (χ4v) is 4.48. The summed E-state index contributed by atoms with van der Waals surface area (Å²) in [5.74, 6) is -0.551. The molecule has 1 fully saturated rings. The fourth-order valence-electron chi connectivity index (χ4n) is 4.48. The molecule has 0 radical (unpaired) electrons. The molecule has 1 N–H and O–H groups in total. The second-order valence-electron chi connectivity index (χ2n) is 10.1. The number of nitrogens with one attached hydrogen (secondary N) is 1. The SMILES string of the molecule is Cc1ccc(C(C)C)c(Oc2ccc(N3C[C@H](C(=O)OCC(=O)Nc4ccc(C)c([N+](=O)[O-])c4)CC3=O)cc2)c1. The maximum absolute atomic E-state index is 12.7. The van der Waals surface area contributed by atoms with E-state index in [4.69, 9.17) is 9.47 Å². The number of hydrogen-bond donors (Lipinski definition) is 1. The normalized spacial score (nSPS) is 14.8. The Balaban J connectivity index is 1.32. The van der Waals surface area contributed by atoms with Crippen molar-refractivity contribution in [3.8, 4) is 11.5 Å². The van der Waals surface area contributed by atoms with Crippen molar-refractivity contribution in [1.29, 1.82) is 0 Å². The molecule has 4 rings (SSSR count).